The maximum atomic E-state index is 5.69. The number of nitrogens with two attached hydrogens (primary N) is 1. The Hall–Kier alpha value is -1.62. The molecule has 6 heteroatoms. The number of nitrogens with zero attached hydrogens (tertiary/aromatic N) is 4. The molecule has 0 saturated heterocycles. The number of aromatic nitrogens is 4. The van der Waals surface area contributed by atoms with Crippen LogP contribution in [0.4, 0.5) is 5.69 Å². The number of anilines is 1. The number of rotatable bonds is 1. The molecule has 0 aliphatic heterocycles. The number of hydrogen-bond donors (Lipinski definition) is 1. The first-order chi connectivity index (χ1) is 6.27. The van der Waals surface area contributed by atoms with E-state index in [1.54, 1.807) is 18.5 Å². The van der Waals surface area contributed by atoms with Gasteiger partial charge in [0.15, 0.2) is 5.82 Å². The highest BCUT2D eigenvalue weighted by Gasteiger charge is 2.03. The number of pyridine rings is 1. The maximum absolute atomic E-state index is 5.69. The largest absolute Gasteiger partial charge is 0.396 e. The first-order valence-electron chi connectivity index (χ1n) is 3.55. The standard InChI is InChI=1S/C7H6ClN5/c8-5-3-6(9)7(10-4-5)13-2-1-11-12-13/h1-4H,9H2. The van der Waals surface area contributed by atoms with Gasteiger partial charge < -0.3 is 5.73 Å². The average Bonchev–Trinajstić information content (AvgIpc) is 2.56. The molecule has 2 aromatic rings. The van der Waals surface area contributed by atoms with E-state index in [-0.39, 0.29) is 0 Å². The molecule has 0 atom stereocenters. The fraction of sp³-hybridized carbons (Fsp3) is 0. The average molecular weight is 196 g/mol. The minimum atomic E-state index is 0.470. The molecule has 0 unspecified atom stereocenters. The minimum Gasteiger partial charge on any atom is -0.396 e. The van der Waals surface area contributed by atoms with Gasteiger partial charge in [-0.25, -0.2) is 9.67 Å². The molecule has 0 fully saturated rings. The second-order valence-corrected chi connectivity index (χ2v) is 2.85. The van der Waals surface area contributed by atoms with Crippen molar-refractivity contribution in [2.75, 3.05) is 5.73 Å². The quantitative estimate of drug-likeness (QED) is 0.734. The zero-order chi connectivity index (χ0) is 9.26. The van der Waals surface area contributed by atoms with E-state index < -0.39 is 0 Å². The van der Waals surface area contributed by atoms with Crippen molar-refractivity contribution in [3.8, 4) is 5.82 Å². The number of hydrogen-bond acceptors (Lipinski definition) is 4. The van der Waals surface area contributed by atoms with Crippen molar-refractivity contribution < 1.29 is 0 Å². The van der Waals surface area contributed by atoms with Crippen molar-refractivity contribution in [2.45, 2.75) is 0 Å². The summed E-state index contributed by atoms with van der Waals surface area (Å²) in [7, 11) is 0. The Morgan fingerprint density at radius 1 is 1.46 bits per heavy atom. The van der Waals surface area contributed by atoms with E-state index in [0.29, 0.717) is 16.5 Å². The van der Waals surface area contributed by atoms with Gasteiger partial charge in [-0.3, -0.25) is 0 Å². The van der Waals surface area contributed by atoms with Crippen LogP contribution in [0, 0.1) is 0 Å². The third-order valence-electron chi connectivity index (χ3n) is 1.50. The molecule has 0 amide bonds. The van der Waals surface area contributed by atoms with Gasteiger partial charge in [-0.2, -0.15) is 0 Å². The molecule has 2 aromatic heterocycles. The van der Waals surface area contributed by atoms with Gasteiger partial charge in [-0.15, -0.1) is 5.10 Å². The van der Waals surface area contributed by atoms with Crippen LogP contribution in [0.3, 0.4) is 0 Å². The van der Waals surface area contributed by atoms with Gasteiger partial charge in [0, 0.05) is 6.20 Å². The molecule has 0 spiro atoms. The van der Waals surface area contributed by atoms with E-state index in [1.807, 2.05) is 0 Å². The lowest BCUT2D eigenvalue weighted by atomic mass is 10.4. The summed E-state index contributed by atoms with van der Waals surface area (Å²) in [5, 5.41) is 7.91. The third-order valence-corrected chi connectivity index (χ3v) is 1.71. The van der Waals surface area contributed by atoms with Crippen molar-refractivity contribution in [1.82, 2.24) is 20.0 Å². The van der Waals surface area contributed by atoms with Gasteiger partial charge in [-0.05, 0) is 6.07 Å². The molecule has 13 heavy (non-hydrogen) atoms. The van der Waals surface area contributed by atoms with Crippen LogP contribution in [-0.2, 0) is 0 Å². The summed E-state index contributed by atoms with van der Waals surface area (Å²) in [6.07, 6.45) is 4.72. The van der Waals surface area contributed by atoms with E-state index in [2.05, 4.69) is 15.3 Å². The van der Waals surface area contributed by atoms with Crippen LogP contribution in [-0.4, -0.2) is 20.0 Å². The highest BCUT2D eigenvalue weighted by atomic mass is 35.5. The lowest BCUT2D eigenvalue weighted by molar-refractivity contribution is 0.783. The number of halogens is 1. The van der Waals surface area contributed by atoms with Crippen molar-refractivity contribution in [3.05, 3.63) is 29.7 Å². The second-order valence-electron chi connectivity index (χ2n) is 2.41. The Bertz CT molecular complexity index is 411. The molecule has 66 valence electrons. The summed E-state index contributed by atoms with van der Waals surface area (Å²) >= 11 is 5.69. The Morgan fingerprint density at radius 3 is 2.92 bits per heavy atom. The molecule has 0 radical (unpaired) electrons. The highest BCUT2D eigenvalue weighted by Crippen LogP contribution is 2.17. The molecular formula is C7H6ClN5. The van der Waals surface area contributed by atoms with Gasteiger partial charge in [0.2, 0.25) is 0 Å². The monoisotopic (exact) mass is 195 g/mol. The van der Waals surface area contributed by atoms with Crippen molar-refractivity contribution >= 4 is 17.3 Å². The molecule has 2 heterocycles. The van der Waals surface area contributed by atoms with Crippen molar-refractivity contribution in [3.63, 3.8) is 0 Å². The topological polar surface area (TPSA) is 69.6 Å². The molecule has 0 bridgehead atoms. The van der Waals surface area contributed by atoms with E-state index in [1.165, 1.54) is 10.9 Å². The van der Waals surface area contributed by atoms with Crippen LogP contribution < -0.4 is 5.73 Å². The van der Waals surface area contributed by atoms with Gasteiger partial charge >= 0.3 is 0 Å². The van der Waals surface area contributed by atoms with Crippen molar-refractivity contribution in [2.24, 2.45) is 0 Å². The lowest BCUT2D eigenvalue weighted by Crippen LogP contribution is -2.03. The molecule has 0 aliphatic rings. The van der Waals surface area contributed by atoms with Crippen LogP contribution >= 0.6 is 11.6 Å². The summed E-state index contributed by atoms with van der Waals surface area (Å²) in [5.74, 6) is 0.530. The van der Waals surface area contributed by atoms with Gasteiger partial charge in [0.05, 0.1) is 23.1 Å². The second kappa shape index (κ2) is 3.02. The summed E-state index contributed by atoms with van der Waals surface area (Å²) in [5.41, 5.74) is 6.15. The van der Waals surface area contributed by atoms with Crippen molar-refractivity contribution in [1.29, 1.82) is 0 Å². The summed E-state index contributed by atoms with van der Waals surface area (Å²) in [6, 6.07) is 1.62. The van der Waals surface area contributed by atoms with Gasteiger partial charge in [0.25, 0.3) is 0 Å². The zero-order valence-corrected chi connectivity index (χ0v) is 7.31. The zero-order valence-electron chi connectivity index (χ0n) is 6.55. The SMILES string of the molecule is Nc1cc(Cl)cnc1-n1ccnn1. The first-order valence-corrected chi connectivity index (χ1v) is 3.93. The lowest BCUT2D eigenvalue weighted by Gasteiger charge is -2.02. The van der Waals surface area contributed by atoms with E-state index in [0.717, 1.165) is 0 Å². The Morgan fingerprint density at radius 2 is 2.31 bits per heavy atom. The smallest absolute Gasteiger partial charge is 0.178 e. The molecule has 0 saturated carbocycles. The highest BCUT2D eigenvalue weighted by molar-refractivity contribution is 6.30. The molecule has 2 rings (SSSR count). The van der Waals surface area contributed by atoms with Gasteiger partial charge in [0.1, 0.15) is 0 Å². The number of nitrogen functional groups attached to an aromatic ring is 1. The Labute approximate surface area is 79.1 Å². The van der Waals surface area contributed by atoms with Crippen LogP contribution in [0.1, 0.15) is 0 Å². The summed E-state index contributed by atoms with van der Waals surface area (Å²) in [4.78, 5) is 4.02. The first kappa shape index (κ1) is 8.00. The van der Waals surface area contributed by atoms with E-state index in [9.17, 15) is 0 Å². The fourth-order valence-electron chi connectivity index (χ4n) is 0.960. The normalized spacial score (nSPS) is 10.2. The molecular weight excluding hydrogens is 190 g/mol. The van der Waals surface area contributed by atoms with E-state index in [4.69, 9.17) is 17.3 Å². The predicted molar refractivity (Wildman–Crippen MR) is 48.6 cm³/mol. The molecule has 5 nitrogen and oxygen atoms in total. The van der Waals surface area contributed by atoms with E-state index >= 15 is 0 Å². The Kier molecular flexibility index (Phi) is 1.86. The van der Waals surface area contributed by atoms with Crippen LogP contribution in [0.25, 0.3) is 5.82 Å². The molecule has 0 aromatic carbocycles. The van der Waals surface area contributed by atoms with Crippen LogP contribution in [0.5, 0.6) is 0 Å². The predicted octanol–water partition coefficient (Wildman–Crippen LogP) is 0.898. The maximum Gasteiger partial charge on any atom is 0.178 e. The van der Waals surface area contributed by atoms with Crippen LogP contribution in [0.15, 0.2) is 24.7 Å². The van der Waals surface area contributed by atoms with Gasteiger partial charge in [-0.1, -0.05) is 16.8 Å². The summed E-state index contributed by atoms with van der Waals surface area (Å²) in [6.45, 7) is 0. The minimum absolute atomic E-state index is 0.470. The molecule has 2 N–H and O–H groups in total. The van der Waals surface area contributed by atoms with Crippen LogP contribution in [0.2, 0.25) is 5.02 Å². The summed E-state index contributed by atoms with van der Waals surface area (Å²) < 4.78 is 1.48. The Balaban J connectivity index is 2.53. The fourth-order valence-corrected chi connectivity index (χ4v) is 1.13. The third kappa shape index (κ3) is 1.46. The molecule has 0 aliphatic carbocycles.